The molecule has 1 heterocycles. The van der Waals surface area contributed by atoms with Gasteiger partial charge in [0.1, 0.15) is 0 Å². The van der Waals surface area contributed by atoms with E-state index in [2.05, 4.69) is 10.6 Å². The molecule has 10 heteroatoms. The van der Waals surface area contributed by atoms with Gasteiger partial charge in [-0.15, -0.1) is 0 Å². The number of benzene rings is 2. The highest BCUT2D eigenvalue weighted by atomic mass is 19.4. The van der Waals surface area contributed by atoms with Crippen molar-refractivity contribution in [3.05, 3.63) is 69.8 Å². The quantitative estimate of drug-likeness (QED) is 0.512. The summed E-state index contributed by atoms with van der Waals surface area (Å²) in [6, 6.07) is 8.91. The molecular weight excluding hydrogens is 473 g/mol. The van der Waals surface area contributed by atoms with Gasteiger partial charge in [0.2, 0.25) is 11.8 Å². The molecule has 0 unspecified atom stereocenters. The predicted molar refractivity (Wildman–Crippen MR) is 129 cm³/mol. The molecule has 1 atom stereocenters. The molecule has 0 saturated carbocycles. The van der Waals surface area contributed by atoms with Gasteiger partial charge in [0, 0.05) is 25.2 Å². The fourth-order valence-electron chi connectivity index (χ4n) is 4.54. The Labute approximate surface area is 208 Å². The van der Waals surface area contributed by atoms with Crippen LogP contribution in [0.5, 0.6) is 0 Å². The first-order chi connectivity index (χ1) is 16.8. The minimum absolute atomic E-state index is 0.351. The Morgan fingerprint density at radius 3 is 2.31 bits per heavy atom. The summed E-state index contributed by atoms with van der Waals surface area (Å²) in [5, 5.41) is 5.51. The van der Waals surface area contributed by atoms with Crippen molar-refractivity contribution >= 4 is 17.7 Å². The van der Waals surface area contributed by atoms with Crippen LogP contribution in [0.4, 0.5) is 13.2 Å². The van der Waals surface area contributed by atoms with Gasteiger partial charge in [-0.25, -0.2) is 0 Å². The fourth-order valence-corrected chi connectivity index (χ4v) is 4.54. The average molecular weight is 505 g/mol. The van der Waals surface area contributed by atoms with Gasteiger partial charge >= 0.3 is 6.18 Å². The Bertz CT molecular complexity index is 1160. The normalized spacial score (nSPS) is 15.9. The van der Waals surface area contributed by atoms with Crippen LogP contribution in [-0.4, -0.2) is 41.4 Å². The van der Waals surface area contributed by atoms with E-state index in [4.69, 9.17) is 5.73 Å². The maximum absolute atomic E-state index is 13.6. The predicted octanol–water partition coefficient (Wildman–Crippen LogP) is 3.21. The number of aryl methyl sites for hydroxylation is 2. The number of rotatable bonds is 8. The molecule has 2 aromatic carbocycles. The van der Waals surface area contributed by atoms with Crippen molar-refractivity contribution in [2.24, 2.45) is 5.73 Å². The number of hydrogen-bond donors (Lipinski definition) is 3. The second-order valence-electron chi connectivity index (χ2n) is 9.30. The van der Waals surface area contributed by atoms with Crippen LogP contribution in [0.25, 0.3) is 0 Å². The highest BCUT2D eigenvalue weighted by molar-refractivity contribution is 6.02. The molecule has 4 N–H and O–H groups in total. The summed E-state index contributed by atoms with van der Waals surface area (Å²) in [7, 11) is 0. The van der Waals surface area contributed by atoms with Crippen LogP contribution >= 0.6 is 0 Å². The molecular formula is C26H31F3N4O3. The summed E-state index contributed by atoms with van der Waals surface area (Å²) in [4.78, 5) is 39.8. The number of halogens is 3. The molecule has 1 fully saturated rings. The zero-order chi connectivity index (χ0) is 26.7. The topological polar surface area (TPSA) is 105 Å². The molecule has 0 aliphatic carbocycles. The number of nitrogens with one attached hydrogen (secondary N) is 2. The number of nitrogens with two attached hydrogens (primary N) is 1. The first kappa shape index (κ1) is 27.3. The summed E-state index contributed by atoms with van der Waals surface area (Å²) in [6.45, 7) is 7.21. The summed E-state index contributed by atoms with van der Waals surface area (Å²) >= 11 is 0. The Balaban J connectivity index is 1.83. The van der Waals surface area contributed by atoms with Gasteiger partial charge in [0.15, 0.2) is 5.66 Å². The van der Waals surface area contributed by atoms with E-state index < -0.39 is 52.7 Å². The third kappa shape index (κ3) is 6.11. The first-order valence-electron chi connectivity index (χ1n) is 11.7. The van der Waals surface area contributed by atoms with Gasteiger partial charge < -0.3 is 5.73 Å². The van der Waals surface area contributed by atoms with Gasteiger partial charge in [-0.05, 0) is 62.4 Å². The molecule has 0 bridgehead atoms. The lowest BCUT2D eigenvalue weighted by molar-refractivity contribution is -0.139. The van der Waals surface area contributed by atoms with E-state index in [1.165, 1.54) is 0 Å². The number of carbonyl (C=O) groups is 3. The standard InChI is InChI=1S/C26H31F3N4O3/c1-16-9-10-18(17(2)13-16)15-31-25(3,33-11-4-5-12-33)24(36)32-22(34)14-20-19(23(30)35)7-6-8-21(20)26(27,28)29/h6-10,13,31H,4-5,11-12,14-15H2,1-3H3,(H2,30,35)(H,32,34,36)/t25-/m0/s1. The maximum Gasteiger partial charge on any atom is 0.416 e. The lowest BCUT2D eigenvalue weighted by Gasteiger charge is -2.38. The van der Waals surface area contributed by atoms with Crippen LogP contribution in [0.15, 0.2) is 36.4 Å². The van der Waals surface area contributed by atoms with Crippen molar-refractivity contribution in [1.82, 2.24) is 15.5 Å². The van der Waals surface area contributed by atoms with Crippen molar-refractivity contribution in [2.75, 3.05) is 13.1 Å². The van der Waals surface area contributed by atoms with E-state index in [1.807, 2.05) is 36.9 Å². The minimum Gasteiger partial charge on any atom is -0.366 e. The number of amides is 3. The number of primary amides is 1. The molecule has 2 aromatic rings. The Morgan fingerprint density at radius 1 is 1.06 bits per heavy atom. The van der Waals surface area contributed by atoms with Crippen molar-refractivity contribution in [3.63, 3.8) is 0 Å². The molecule has 36 heavy (non-hydrogen) atoms. The SMILES string of the molecule is Cc1ccc(CN[C@](C)(C(=O)NC(=O)Cc2c(C(N)=O)cccc2C(F)(F)F)N2CCCC2)c(C)c1. The van der Waals surface area contributed by atoms with Crippen LogP contribution in [0.1, 0.15) is 57.9 Å². The minimum atomic E-state index is -4.80. The number of alkyl halides is 3. The smallest absolute Gasteiger partial charge is 0.366 e. The van der Waals surface area contributed by atoms with Gasteiger partial charge in [-0.3, -0.25) is 29.9 Å². The molecule has 1 saturated heterocycles. The van der Waals surface area contributed by atoms with Gasteiger partial charge in [-0.1, -0.05) is 29.8 Å². The highest BCUT2D eigenvalue weighted by Gasteiger charge is 2.41. The van der Waals surface area contributed by atoms with E-state index in [9.17, 15) is 27.6 Å². The lowest BCUT2D eigenvalue weighted by Crippen LogP contribution is -2.65. The van der Waals surface area contributed by atoms with E-state index in [1.54, 1.807) is 6.92 Å². The molecule has 0 spiro atoms. The third-order valence-corrected chi connectivity index (χ3v) is 6.64. The molecule has 0 radical (unpaired) electrons. The van der Waals surface area contributed by atoms with Gasteiger partial charge in [0.05, 0.1) is 12.0 Å². The molecule has 0 aromatic heterocycles. The third-order valence-electron chi connectivity index (χ3n) is 6.64. The Hall–Kier alpha value is -3.24. The van der Waals surface area contributed by atoms with Crippen molar-refractivity contribution in [1.29, 1.82) is 0 Å². The highest BCUT2D eigenvalue weighted by Crippen LogP contribution is 2.33. The van der Waals surface area contributed by atoms with Crippen LogP contribution in [0, 0.1) is 13.8 Å². The van der Waals surface area contributed by atoms with Crippen molar-refractivity contribution in [2.45, 2.75) is 58.4 Å². The van der Waals surface area contributed by atoms with E-state index >= 15 is 0 Å². The number of hydrogen-bond acceptors (Lipinski definition) is 5. The molecule has 194 valence electrons. The number of carbonyl (C=O) groups excluding carboxylic acids is 3. The number of imide groups is 1. The molecule has 1 aliphatic heterocycles. The first-order valence-corrected chi connectivity index (χ1v) is 11.7. The average Bonchev–Trinajstić information content (AvgIpc) is 3.33. The lowest BCUT2D eigenvalue weighted by atomic mass is 9.96. The molecule has 3 rings (SSSR count). The summed E-state index contributed by atoms with van der Waals surface area (Å²) in [5.74, 6) is -2.73. The summed E-state index contributed by atoms with van der Waals surface area (Å²) < 4.78 is 40.7. The van der Waals surface area contributed by atoms with Crippen molar-refractivity contribution < 1.29 is 27.6 Å². The van der Waals surface area contributed by atoms with E-state index in [0.29, 0.717) is 19.6 Å². The molecule has 7 nitrogen and oxygen atoms in total. The van der Waals surface area contributed by atoms with Crippen LogP contribution in [0.3, 0.4) is 0 Å². The number of likely N-dealkylation sites (tertiary alicyclic amines) is 1. The molecule has 3 amide bonds. The number of nitrogens with zero attached hydrogens (tertiary/aromatic N) is 1. The maximum atomic E-state index is 13.6. The van der Waals surface area contributed by atoms with Gasteiger partial charge in [0.25, 0.3) is 5.91 Å². The second kappa shape index (κ2) is 10.8. The summed E-state index contributed by atoms with van der Waals surface area (Å²) in [5.41, 5.74) is 4.99. The molecule has 1 aliphatic rings. The zero-order valence-corrected chi connectivity index (χ0v) is 20.6. The summed E-state index contributed by atoms with van der Waals surface area (Å²) in [6.07, 6.45) is -3.87. The largest absolute Gasteiger partial charge is 0.416 e. The fraction of sp³-hybridized carbons (Fsp3) is 0.423. The van der Waals surface area contributed by atoms with Crippen LogP contribution < -0.4 is 16.4 Å². The van der Waals surface area contributed by atoms with Crippen LogP contribution in [0.2, 0.25) is 0 Å². The monoisotopic (exact) mass is 504 g/mol. The van der Waals surface area contributed by atoms with E-state index in [0.717, 1.165) is 47.7 Å². The van der Waals surface area contributed by atoms with Crippen LogP contribution in [-0.2, 0) is 28.7 Å². The van der Waals surface area contributed by atoms with Crippen molar-refractivity contribution in [3.8, 4) is 0 Å². The van der Waals surface area contributed by atoms with E-state index in [-0.39, 0.29) is 0 Å². The Kier molecular flexibility index (Phi) is 8.20. The Morgan fingerprint density at radius 2 is 1.72 bits per heavy atom. The zero-order valence-electron chi connectivity index (χ0n) is 20.6. The van der Waals surface area contributed by atoms with Gasteiger partial charge in [-0.2, -0.15) is 13.2 Å². The second-order valence-corrected chi connectivity index (χ2v) is 9.30.